The van der Waals surface area contributed by atoms with E-state index < -0.39 is 6.10 Å². The average Bonchev–Trinajstić information content (AvgIpc) is 2.62. The molecule has 0 saturated heterocycles. The molecule has 0 aromatic heterocycles. The summed E-state index contributed by atoms with van der Waals surface area (Å²) in [6.45, 7) is 10.7. The van der Waals surface area contributed by atoms with Crippen LogP contribution in [0.15, 0.2) is 46.8 Å². The Bertz CT molecular complexity index is 603. The molecule has 120 valence electrons. The first-order valence-electron chi connectivity index (χ1n) is 8.42. The molecule has 2 N–H and O–H groups in total. The molecule has 0 aromatic rings. The fraction of sp³-hybridized carbons (Fsp3) is 0.600. The lowest BCUT2D eigenvalue weighted by molar-refractivity contribution is 0.0461. The molecule has 0 aromatic carbocycles. The molecule has 0 amide bonds. The summed E-state index contributed by atoms with van der Waals surface area (Å²) in [7, 11) is 0. The van der Waals surface area contributed by atoms with Gasteiger partial charge in [0, 0.05) is 11.3 Å². The number of allylic oxidation sites excluding steroid dienone is 7. The van der Waals surface area contributed by atoms with Gasteiger partial charge in [0.1, 0.15) is 0 Å². The van der Waals surface area contributed by atoms with Gasteiger partial charge in [0.25, 0.3) is 0 Å². The standard InChI is InChI=1S/C20H28O2/c1-11(2)6-15-8-13(4)16-9-17(21)14(5)19-18(22)7-12(3)10-20(15,16)19/h6-7,9-10,13-15,17,19,21-22H,8H2,1-5H3. The van der Waals surface area contributed by atoms with Crippen molar-refractivity contribution in [3.63, 3.8) is 0 Å². The number of rotatable bonds is 1. The van der Waals surface area contributed by atoms with Crippen molar-refractivity contribution < 1.29 is 10.2 Å². The van der Waals surface area contributed by atoms with E-state index in [-0.39, 0.29) is 17.3 Å². The van der Waals surface area contributed by atoms with Gasteiger partial charge in [-0.2, -0.15) is 0 Å². The zero-order valence-electron chi connectivity index (χ0n) is 14.3. The Balaban J connectivity index is 2.25. The molecular formula is C20H28O2. The second-order valence-corrected chi connectivity index (χ2v) is 7.83. The van der Waals surface area contributed by atoms with E-state index >= 15 is 0 Å². The summed E-state index contributed by atoms with van der Waals surface area (Å²) in [5.41, 5.74) is 3.62. The Morgan fingerprint density at radius 3 is 2.64 bits per heavy atom. The van der Waals surface area contributed by atoms with Crippen molar-refractivity contribution in [2.75, 3.05) is 0 Å². The van der Waals surface area contributed by atoms with Crippen LogP contribution in [0.3, 0.4) is 0 Å². The highest BCUT2D eigenvalue weighted by atomic mass is 16.3. The average molecular weight is 300 g/mol. The molecule has 3 aliphatic carbocycles. The second-order valence-electron chi connectivity index (χ2n) is 7.83. The van der Waals surface area contributed by atoms with E-state index in [4.69, 9.17) is 0 Å². The lowest BCUT2D eigenvalue weighted by Crippen LogP contribution is -2.47. The molecule has 1 saturated carbocycles. The maximum absolute atomic E-state index is 10.7. The Labute approximate surface area is 133 Å². The zero-order chi connectivity index (χ0) is 16.2. The highest BCUT2D eigenvalue weighted by Gasteiger charge is 2.58. The Hall–Kier alpha value is -1.28. The van der Waals surface area contributed by atoms with Crippen LogP contribution in [0, 0.1) is 29.1 Å². The fourth-order valence-corrected chi connectivity index (χ4v) is 5.17. The minimum absolute atomic E-state index is 0.0169. The lowest BCUT2D eigenvalue weighted by atomic mass is 9.55. The molecule has 6 atom stereocenters. The summed E-state index contributed by atoms with van der Waals surface area (Å²) in [4.78, 5) is 0. The van der Waals surface area contributed by atoms with Crippen LogP contribution in [0.1, 0.15) is 41.0 Å². The summed E-state index contributed by atoms with van der Waals surface area (Å²) < 4.78 is 0. The molecular weight excluding hydrogens is 272 g/mol. The minimum atomic E-state index is -0.469. The Morgan fingerprint density at radius 1 is 1.32 bits per heavy atom. The van der Waals surface area contributed by atoms with Crippen molar-refractivity contribution in [3.8, 4) is 0 Å². The topological polar surface area (TPSA) is 40.5 Å². The van der Waals surface area contributed by atoms with Crippen molar-refractivity contribution in [3.05, 3.63) is 46.8 Å². The molecule has 22 heavy (non-hydrogen) atoms. The van der Waals surface area contributed by atoms with E-state index in [0.29, 0.717) is 17.6 Å². The van der Waals surface area contributed by atoms with Gasteiger partial charge in [-0.15, -0.1) is 0 Å². The predicted octanol–water partition coefficient (Wildman–Crippen LogP) is 4.55. The van der Waals surface area contributed by atoms with Gasteiger partial charge in [-0.25, -0.2) is 0 Å². The third kappa shape index (κ3) is 2.04. The van der Waals surface area contributed by atoms with Gasteiger partial charge in [-0.1, -0.05) is 48.8 Å². The highest BCUT2D eigenvalue weighted by molar-refractivity contribution is 5.46. The summed E-state index contributed by atoms with van der Waals surface area (Å²) in [6.07, 6.45) is 9.31. The van der Waals surface area contributed by atoms with Gasteiger partial charge in [-0.05, 0) is 51.0 Å². The van der Waals surface area contributed by atoms with Crippen LogP contribution in [0.4, 0.5) is 0 Å². The van der Waals surface area contributed by atoms with Gasteiger partial charge in [0.05, 0.1) is 11.9 Å². The molecule has 0 radical (unpaired) electrons. The van der Waals surface area contributed by atoms with Crippen LogP contribution >= 0.6 is 0 Å². The van der Waals surface area contributed by atoms with Crippen molar-refractivity contribution in [2.24, 2.45) is 29.1 Å². The van der Waals surface area contributed by atoms with Gasteiger partial charge >= 0.3 is 0 Å². The largest absolute Gasteiger partial charge is 0.512 e. The molecule has 1 spiro atoms. The maximum atomic E-state index is 10.7. The van der Waals surface area contributed by atoms with Crippen LogP contribution in [-0.2, 0) is 0 Å². The van der Waals surface area contributed by atoms with E-state index in [1.807, 2.05) is 6.08 Å². The molecule has 3 aliphatic rings. The molecule has 0 aliphatic heterocycles. The van der Waals surface area contributed by atoms with Crippen molar-refractivity contribution in [1.82, 2.24) is 0 Å². The summed E-state index contributed by atoms with van der Waals surface area (Å²) >= 11 is 0. The maximum Gasteiger partial charge on any atom is 0.0971 e. The number of hydrogen-bond acceptors (Lipinski definition) is 2. The SMILES string of the molecule is CC(C)=CC1CC(C)C2=CC(O)C(C)C3C(O)=CC(C)=CC213. The smallest absolute Gasteiger partial charge is 0.0971 e. The molecule has 0 heterocycles. The van der Waals surface area contributed by atoms with Crippen LogP contribution in [-0.4, -0.2) is 16.3 Å². The lowest BCUT2D eigenvalue weighted by Gasteiger charge is -2.49. The monoisotopic (exact) mass is 300 g/mol. The molecule has 0 bridgehead atoms. The molecule has 6 unspecified atom stereocenters. The normalized spacial score (nSPS) is 43.5. The van der Waals surface area contributed by atoms with Crippen molar-refractivity contribution in [2.45, 2.75) is 47.1 Å². The van der Waals surface area contributed by atoms with Crippen molar-refractivity contribution >= 4 is 0 Å². The van der Waals surface area contributed by atoms with Crippen LogP contribution < -0.4 is 0 Å². The van der Waals surface area contributed by atoms with Crippen molar-refractivity contribution in [1.29, 1.82) is 0 Å². The highest BCUT2D eigenvalue weighted by Crippen LogP contribution is 2.64. The first-order chi connectivity index (χ1) is 10.3. The van der Waals surface area contributed by atoms with Crippen LogP contribution in [0.2, 0.25) is 0 Å². The van der Waals surface area contributed by atoms with Gasteiger partial charge < -0.3 is 10.2 Å². The molecule has 2 nitrogen and oxygen atoms in total. The summed E-state index contributed by atoms with van der Waals surface area (Å²) in [5.74, 6) is 1.29. The Morgan fingerprint density at radius 2 is 2.00 bits per heavy atom. The number of hydrogen-bond donors (Lipinski definition) is 2. The summed E-state index contributed by atoms with van der Waals surface area (Å²) in [5, 5.41) is 21.2. The first-order valence-corrected chi connectivity index (χ1v) is 8.42. The Kier molecular flexibility index (Phi) is 3.64. The molecule has 2 heteroatoms. The second kappa shape index (κ2) is 5.13. The zero-order valence-corrected chi connectivity index (χ0v) is 14.3. The van der Waals surface area contributed by atoms with E-state index in [1.54, 1.807) is 0 Å². The predicted molar refractivity (Wildman–Crippen MR) is 90.3 cm³/mol. The fourth-order valence-electron chi connectivity index (χ4n) is 5.17. The first kappa shape index (κ1) is 15.6. The van der Waals surface area contributed by atoms with E-state index in [1.165, 1.54) is 11.1 Å². The molecule has 1 fully saturated rings. The quantitative estimate of drug-likeness (QED) is 0.697. The third-order valence-electron chi connectivity index (χ3n) is 5.88. The van der Waals surface area contributed by atoms with Gasteiger partial charge in [-0.3, -0.25) is 0 Å². The minimum Gasteiger partial charge on any atom is -0.512 e. The van der Waals surface area contributed by atoms with E-state index in [2.05, 4.69) is 52.8 Å². The third-order valence-corrected chi connectivity index (χ3v) is 5.88. The molecule has 3 rings (SSSR count). The van der Waals surface area contributed by atoms with Gasteiger partial charge in [0.15, 0.2) is 0 Å². The van der Waals surface area contributed by atoms with E-state index in [9.17, 15) is 10.2 Å². The van der Waals surface area contributed by atoms with Crippen LogP contribution in [0.25, 0.3) is 0 Å². The van der Waals surface area contributed by atoms with E-state index in [0.717, 1.165) is 12.0 Å². The van der Waals surface area contributed by atoms with Crippen LogP contribution in [0.5, 0.6) is 0 Å². The number of aliphatic hydroxyl groups is 2. The number of aliphatic hydroxyl groups excluding tert-OH is 2. The van der Waals surface area contributed by atoms with Gasteiger partial charge in [0.2, 0.25) is 0 Å². The summed E-state index contributed by atoms with van der Waals surface area (Å²) in [6, 6.07) is 0.